The molecule has 3 atom stereocenters. The molecule has 0 aromatic carbocycles. The van der Waals surface area contributed by atoms with E-state index < -0.39 is 0 Å². The monoisotopic (exact) mass is 184 g/mol. The van der Waals surface area contributed by atoms with Gasteiger partial charge < -0.3 is 9.47 Å². The summed E-state index contributed by atoms with van der Waals surface area (Å²) in [6.07, 6.45) is 7.76. The Balaban J connectivity index is 1.93. The summed E-state index contributed by atoms with van der Waals surface area (Å²) < 4.78 is 11.9. The van der Waals surface area contributed by atoms with Crippen LogP contribution < -0.4 is 0 Å². The fourth-order valence-electron chi connectivity index (χ4n) is 2.45. The SMILES string of the molecule is CC[C@@H]1CCC2(CC[C@H](CC)O2)O1. The number of rotatable bonds is 2. The topological polar surface area (TPSA) is 18.5 Å². The third-order valence-electron chi connectivity index (χ3n) is 3.37. The minimum Gasteiger partial charge on any atom is -0.347 e. The Morgan fingerprint density at radius 1 is 1.00 bits per heavy atom. The molecule has 13 heavy (non-hydrogen) atoms. The Hall–Kier alpha value is -0.0800. The second-order valence-corrected chi connectivity index (χ2v) is 4.28. The van der Waals surface area contributed by atoms with Gasteiger partial charge in [-0.05, 0) is 25.7 Å². The molecule has 1 spiro atoms. The van der Waals surface area contributed by atoms with Gasteiger partial charge in [-0.15, -0.1) is 0 Å². The third-order valence-corrected chi connectivity index (χ3v) is 3.37. The van der Waals surface area contributed by atoms with Crippen molar-refractivity contribution in [3.63, 3.8) is 0 Å². The van der Waals surface area contributed by atoms with Crippen LogP contribution in [0.5, 0.6) is 0 Å². The molecule has 0 bridgehead atoms. The second-order valence-electron chi connectivity index (χ2n) is 4.28. The van der Waals surface area contributed by atoms with Crippen LogP contribution in [0.4, 0.5) is 0 Å². The summed E-state index contributed by atoms with van der Waals surface area (Å²) in [6.45, 7) is 4.38. The first-order valence-corrected chi connectivity index (χ1v) is 5.63. The Bertz CT molecular complexity index is 159. The van der Waals surface area contributed by atoms with Gasteiger partial charge in [0.25, 0.3) is 0 Å². The van der Waals surface area contributed by atoms with Crippen LogP contribution in [0, 0.1) is 0 Å². The lowest BCUT2D eigenvalue weighted by molar-refractivity contribution is -0.216. The molecule has 2 rings (SSSR count). The lowest BCUT2D eigenvalue weighted by Crippen LogP contribution is -2.29. The predicted molar refractivity (Wildman–Crippen MR) is 51.5 cm³/mol. The Morgan fingerprint density at radius 3 is 1.77 bits per heavy atom. The lowest BCUT2D eigenvalue weighted by atomic mass is 10.1. The van der Waals surface area contributed by atoms with Gasteiger partial charge in [-0.25, -0.2) is 0 Å². The zero-order valence-electron chi connectivity index (χ0n) is 8.71. The summed E-state index contributed by atoms with van der Waals surface area (Å²) in [7, 11) is 0. The van der Waals surface area contributed by atoms with E-state index in [9.17, 15) is 0 Å². The summed E-state index contributed by atoms with van der Waals surface area (Å²) in [6, 6.07) is 0. The van der Waals surface area contributed by atoms with Crippen LogP contribution in [0.2, 0.25) is 0 Å². The van der Waals surface area contributed by atoms with Crippen LogP contribution in [0.3, 0.4) is 0 Å². The molecule has 2 aliphatic heterocycles. The highest BCUT2D eigenvalue weighted by Crippen LogP contribution is 2.43. The van der Waals surface area contributed by atoms with Crippen molar-refractivity contribution in [1.29, 1.82) is 0 Å². The van der Waals surface area contributed by atoms with Crippen molar-refractivity contribution in [3.05, 3.63) is 0 Å². The molecule has 2 saturated heterocycles. The van der Waals surface area contributed by atoms with Gasteiger partial charge in [-0.1, -0.05) is 13.8 Å². The van der Waals surface area contributed by atoms with E-state index >= 15 is 0 Å². The molecular weight excluding hydrogens is 164 g/mol. The highest BCUT2D eigenvalue weighted by molar-refractivity contribution is 4.87. The molecule has 0 amide bonds. The van der Waals surface area contributed by atoms with Crippen molar-refractivity contribution in [3.8, 4) is 0 Å². The number of hydrogen-bond acceptors (Lipinski definition) is 2. The van der Waals surface area contributed by atoms with Gasteiger partial charge in [0, 0.05) is 12.8 Å². The molecule has 0 aromatic rings. The molecule has 0 saturated carbocycles. The van der Waals surface area contributed by atoms with Crippen molar-refractivity contribution in [1.82, 2.24) is 0 Å². The van der Waals surface area contributed by atoms with E-state index in [-0.39, 0.29) is 5.79 Å². The van der Waals surface area contributed by atoms with E-state index in [4.69, 9.17) is 9.47 Å². The molecule has 0 radical (unpaired) electrons. The number of ether oxygens (including phenoxy) is 2. The van der Waals surface area contributed by atoms with E-state index in [1.54, 1.807) is 0 Å². The molecule has 0 aliphatic carbocycles. The zero-order chi connectivity index (χ0) is 9.31. The van der Waals surface area contributed by atoms with Gasteiger partial charge in [0.2, 0.25) is 0 Å². The standard InChI is InChI=1S/C11H20O2/c1-3-9-5-7-11(12-9)8-6-10(4-2)13-11/h9-10H,3-8H2,1-2H3/t9-,10+,11?. The average molecular weight is 184 g/mol. The molecule has 76 valence electrons. The van der Waals surface area contributed by atoms with Crippen molar-refractivity contribution in [2.75, 3.05) is 0 Å². The van der Waals surface area contributed by atoms with Crippen molar-refractivity contribution >= 4 is 0 Å². The normalized spacial score (nSPS) is 44.8. The fraction of sp³-hybridized carbons (Fsp3) is 1.00. The van der Waals surface area contributed by atoms with E-state index in [1.165, 1.54) is 12.8 Å². The summed E-state index contributed by atoms with van der Waals surface area (Å²) in [5, 5.41) is 0. The van der Waals surface area contributed by atoms with Crippen molar-refractivity contribution in [2.45, 2.75) is 70.4 Å². The van der Waals surface area contributed by atoms with Crippen LogP contribution in [-0.4, -0.2) is 18.0 Å². The van der Waals surface area contributed by atoms with Gasteiger partial charge in [0.1, 0.15) is 0 Å². The third kappa shape index (κ3) is 1.75. The lowest BCUT2D eigenvalue weighted by Gasteiger charge is -2.24. The Labute approximate surface area is 80.6 Å². The second kappa shape index (κ2) is 3.58. The first kappa shape index (κ1) is 9.47. The van der Waals surface area contributed by atoms with E-state index in [0.717, 1.165) is 25.7 Å². The summed E-state index contributed by atoms with van der Waals surface area (Å²) in [5.41, 5.74) is 0. The minimum atomic E-state index is -0.165. The molecule has 2 heterocycles. The number of hydrogen-bond donors (Lipinski definition) is 0. The van der Waals surface area contributed by atoms with Gasteiger partial charge in [0.05, 0.1) is 12.2 Å². The first-order chi connectivity index (χ1) is 6.28. The van der Waals surface area contributed by atoms with Gasteiger partial charge in [-0.2, -0.15) is 0 Å². The minimum absolute atomic E-state index is 0.165. The highest BCUT2D eigenvalue weighted by atomic mass is 16.7. The summed E-state index contributed by atoms with van der Waals surface area (Å²) in [4.78, 5) is 0. The van der Waals surface area contributed by atoms with Crippen LogP contribution in [0.15, 0.2) is 0 Å². The Morgan fingerprint density at radius 2 is 1.46 bits per heavy atom. The average Bonchev–Trinajstić information content (AvgIpc) is 2.74. The van der Waals surface area contributed by atoms with Crippen LogP contribution >= 0.6 is 0 Å². The first-order valence-electron chi connectivity index (χ1n) is 5.63. The quantitative estimate of drug-likeness (QED) is 0.657. The molecule has 2 heteroatoms. The van der Waals surface area contributed by atoms with Gasteiger partial charge in [0.15, 0.2) is 5.79 Å². The Kier molecular flexibility index (Phi) is 2.61. The highest BCUT2D eigenvalue weighted by Gasteiger charge is 2.45. The fourth-order valence-corrected chi connectivity index (χ4v) is 2.45. The maximum absolute atomic E-state index is 5.97. The van der Waals surface area contributed by atoms with E-state index in [1.807, 2.05) is 0 Å². The van der Waals surface area contributed by atoms with Crippen LogP contribution in [0.1, 0.15) is 52.4 Å². The summed E-state index contributed by atoms with van der Waals surface area (Å²) >= 11 is 0. The largest absolute Gasteiger partial charge is 0.347 e. The maximum atomic E-state index is 5.97. The van der Waals surface area contributed by atoms with Crippen LogP contribution in [0.25, 0.3) is 0 Å². The molecular formula is C11H20O2. The predicted octanol–water partition coefficient (Wildman–Crippen LogP) is 2.86. The van der Waals surface area contributed by atoms with E-state index in [0.29, 0.717) is 12.2 Å². The zero-order valence-corrected chi connectivity index (χ0v) is 8.71. The van der Waals surface area contributed by atoms with Gasteiger partial charge in [-0.3, -0.25) is 0 Å². The smallest absolute Gasteiger partial charge is 0.169 e. The van der Waals surface area contributed by atoms with Crippen LogP contribution in [-0.2, 0) is 9.47 Å². The molecule has 1 unspecified atom stereocenters. The molecule has 2 fully saturated rings. The molecule has 0 N–H and O–H groups in total. The van der Waals surface area contributed by atoms with E-state index in [2.05, 4.69) is 13.8 Å². The molecule has 2 aliphatic rings. The molecule has 2 nitrogen and oxygen atoms in total. The summed E-state index contributed by atoms with van der Waals surface area (Å²) in [5.74, 6) is -0.165. The van der Waals surface area contributed by atoms with Crippen molar-refractivity contribution in [2.24, 2.45) is 0 Å². The maximum Gasteiger partial charge on any atom is 0.169 e. The van der Waals surface area contributed by atoms with Gasteiger partial charge >= 0.3 is 0 Å². The molecule has 0 aromatic heterocycles. The van der Waals surface area contributed by atoms with Crippen molar-refractivity contribution < 1.29 is 9.47 Å².